The average Bonchev–Trinajstić information content (AvgIpc) is 2.99. The molecule has 3 aromatic heterocycles. The van der Waals surface area contributed by atoms with Gasteiger partial charge < -0.3 is 5.32 Å². The zero-order chi connectivity index (χ0) is 12.4. The summed E-state index contributed by atoms with van der Waals surface area (Å²) in [6.45, 7) is 2.92. The number of nitrogens with zero attached hydrogens (tertiary/aromatic N) is 4. The van der Waals surface area contributed by atoms with Gasteiger partial charge in [-0.2, -0.15) is 5.10 Å². The van der Waals surface area contributed by atoms with Crippen molar-refractivity contribution in [2.45, 2.75) is 19.5 Å². The van der Waals surface area contributed by atoms with Gasteiger partial charge in [0.2, 0.25) is 0 Å². The summed E-state index contributed by atoms with van der Waals surface area (Å²) in [5.74, 6) is 0.898. The largest absolute Gasteiger partial charge is 0.364 e. The van der Waals surface area contributed by atoms with Crippen molar-refractivity contribution in [3.8, 4) is 0 Å². The van der Waals surface area contributed by atoms with Crippen LogP contribution in [0.3, 0.4) is 0 Å². The van der Waals surface area contributed by atoms with Gasteiger partial charge in [0.05, 0.1) is 16.8 Å². The number of hydrogen-bond acceptors (Lipinski definition) is 5. The van der Waals surface area contributed by atoms with E-state index >= 15 is 0 Å². The molecule has 92 valence electrons. The second kappa shape index (κ2) is 4.73. The highest BCUT2D eigenvalue weighted by Crippen LogP contribution is 2.25. The smallest absolute Gasteiger partial charge is 0.147 e. The van der Waals surface area contributed by atoms with Crippen LogP contribution in [0, 0.1) is 0 Å². The standard InChI is InChI=1S/C12H13N5S/c1-9(7-17-5-2-4-15-17)16-12-11-10(3-6-18-11)13-8-14-12/h2-6,8-9H,7H2,1H3,(H,13,14,16)/t9-/m1/s1. The third-order valence-corrected chi connectivity index (χ3v) is 3.56. The van der Waals surface area contributed by atoms with Crippen LogP contribution in [0.1, 0.15) is 6.92 Å². The third-order valence-electron chi connectivity index (χ3n) is 2.65. The minimum atomic E-state index is 0.255. The van der Waals surface area contributed by atoms with Gasteiger partial charge in [-0.05, 0) is 24.4 Å². The molecule has 3 aromatic rings. The van der Waals surface area contributed by atoms with E-state index in [9.17, 15) is 0 Å². The maximum absolute atomic E-state index is 4.31. The summed E-state index contributed by atoms with van der Waals surface area (Å²) in [7, 11) is 0. The van der Waals surface area contributed by atoms with E-state index in [4.69, 9.17) is 0 Å². The van der Waals surface area contributed by atoms with Gasteiger partial charge in [0.15, 0.2) is 0 Å². The molecule has 0 saturated heterocycles. The lowest BCUT2D eigenvalue weighted by Gasteiger charge is -2.14. The first-order chi connectivity index (χ1) is 8.83. The zero-order valence-corrected chi connectivity index (χ0v) is 10.8. The molecular weight excluding hydrogens is 246 g/mol. The summed E-state index contributed by atoms with van der Waals surface area (Å²) in [6.07, 6.45) is 5.34. The molecule has 0 radical (unpaired) electrons. The predicted octanol–water partition coefficient (Wildman–Crippen LogP) is 2.39. The average molecular weight is 259 g/mol. The maximum Gasteiger partial charge on any atom is 0.147 e. The van der Waals surface area contributed by atoms with Crippen LogP contribution >= 0.6 is 11.3 Å². The quantitative estimate of drug-likeness (QED) is 0.781. The summed E-state index contributed by atoms with van der Waals surface area (Å²) < 4.78 is 3.01. The molecular formula is C12H13N5S. The zero-order valence-electron chi connectivity index (χ0n) is 9.95. The Labute approximate surface area is 109 Å². The van der Waals surface area contributed by atoms with Crippen LogP contribution in [0.5, 0.6) is 0 Å². The van der Waals surface area contributed by atoms with Crippen LogP contribution in [-0.4, -0.2) is 25.8 Å². The van der Waals surface area contributed by atoms with E-state index in [1.54, 1.807) is 23.9 Å². The minimum Gasteiger partial charge on any atom is -0.364 e. The summed E-state index contributed by atoms with van der Waals surface area (Å²) in [5, 5.41) is 9.63. The van der Waals surface area contributed by atoms with Crippen LogP contribution in [-0.2, 0) is 6.54 Å². The van der Waals surface area contributed by atoms with Crippen molar-refractivity contribution >= 4 is 27.4 Å². The molecule has 1 atom stereocenters. The second-order valence-electron chi connectivity index (χ2n) is 4.13. The Kier molecular flexibility index (Phi) is 2.93. The Morgan fingerprint density at radius 2 is 2.39 bits per heavy atom. The molecule has 0 fully saturated rings. The van der Waals surface area contributed by atoms with Crippen LogP contribution in [0.2, 0.25) is 0 Å². The van der Waals surface area contributed by atoms with Crippen LogP contribution in [0.25, 0.3) is 10.2 Å². The summed E-state index contributed by atoms with van der Waals surface area (Å²) in [4.78, 5) is 8.53. The van der Waals surface area contributed by atoms with E-state index in [1.807, 2.05) is 28.4 Å². The summed E-state index contributed by atoms with van der Waals surface area (Å²) in [5.41, 5.74) is 0.990. The number of anilines is 1. The molecule has 3 heterocycles. The molecule has 0 spiro atoms. The second-order valence-corrected chi connectivity index (χ2v) is 5.05. The molecule has 6 heteroatoms. The van der Waals surface area contributed by atoms with Gasteiger partial charge >= 0.3 is 0 Å². The van der Waals surface area contributed by atoms with Crippen molar-refractivity contribution in [3.05, 3.63) is 36.2 Å². The topological polar surface area (TPSA) is 55.6 Å². The van der Waals surface area contributed by atoms with Crippen molar-refractivity contribution in [1.82, 2.24) is 19.7 Å². The fourth-order valence-electron chi connectivity index (χ4n) is 1.86. The van der Waals surface area contributed by atoms with Gasteiger partial charge in [-0.1, -0.05) is 0 Å². The van der Waals surface area contributed by atoms with E-state index in [0.717, 1.165) is 22.6 Å². The van der Waals surface area contributed by atoms with Crippen molar-refractivity contribution in [2.24, 2.45) is 0 Å². The highest BCUT2D eigenvalue weighted by atomic mass is 32.1. The minimum absolute atomic E-state index is 0.255. The van der Waals surface area contributed by atoms with Crippen molar-refractivity contribution in [2.75, 3.05) is 5.32 Å². The Morgan fingerprint density at radius 1 is 1.44 bits per heavy atom. The van der Waals surface area contributed by atoms with Gasteiger partial charge in [-0.15, -0.1) is 11.3 Å². The molecule has 0 aliphatic heterocycles. The van der Waals surface area contributed by atoms with Crippen LogP contribution in [0.15, 0.2) is 36.2 Å². The number of aromatic nitrogens is 4. The Bertz CT molecular complexity index is 631. The lowest BCUT2D eigenvalue weighted by Crippen LogP contribution is -2.22. The monoisotopic (exact) mass is 259 g/mol. The number of nitrogens with one attached hydrogen (secondary N) is 1. The highest BCUT2D eigenvalue weighted by molar-refractivity contribution is 7.17. The molecule has 3 rings (SSSR count). The number of hydrogen-bond donors (Lipinski definition) is 1. The van der Waals surface area contributed by atoms with E-state index < -0.39 is 0 Å². The molecule has 5 nitrogen and oxygen atoms in total. The molecule has 0 bridgehead atoms. The molecule has 0 aromatic carbocycles. The Hall–Kier alpha value is -1.95. The predicted molar refractivity (Wildman–Crippen MR) is 72.7 cm³/mol. The first-order valence-corrected chi connectivity index (χ1v) is 6.63. The molecule has 0 unspecified atom stereocenters. The summed E-state index contributed by atoms with van der Waals surface area (Å²) in [6, 6.07) is 4.19. The van der Waals surface area contributed by atoms with E-state index in [-0.39, 0.29) is 6.04 Å². The molecule has 1 N–H and O–H groups in total. The normalized spacial score (nSPS) is 12.7. The third kappa shape index (κ3) is 2.19. The molecule has 18 heavy (non-hydrogen) atoms. The van der Waals surface area contributed by atoms with Gasteiger partial charge in [-0.25, -0.2) is 9.97 Å². The van der Waals surface area contributed by atoms with E-state index in [2.05, 4.69) is 27.3 Å². The van der Waals surface area contributed by atoms with E-state index in [0.29, 0.717) is 0 Å². The maximum atomic E-state index is 4.31. The highest BCUT2D eigenvalue weighted by Gasteiger charge is 2.08. The molecule has 0 aliphatic carbocycles. The SMILES string of the molecule is C[C@H](Cn1cccn1)Nc1ncnc2ccsc12. The van der Waals surface area contributed by atoms with Crippen molar-refractivity contribution in [3.63, 3.8) is 0 Å². The van der Waals surface area contributed by atoms with Gasteiger partial charge in [0.1, 0.15) is 12.1 Å². The van der Waals surface area contributed by atoms with Gasteiger partial charge in [-0.3, -0.25) is 4.68 Å². The Morgan fingerprint density at radius 3 is 3.22 bits per heavy atom. The van der Waals surface area contributed by atoms with Gasteiger partial charge in [0, 0.05) is 18.4 Å². The van der Waals surface area contributed by atoms with Crippen molar-refractivity contribution in [1.29, 1.82) is 0 Å². The molecule has 0 saturated carbocycles. The van der Waals surface area contributed by atoms with Crippen LogP contribution in [0.4, 0.5) is 5.82 Å². The fourth-order valence-corrected chi connectivity index (χ4v) is 2.66. The number of fused-ring (bicyclic) bond motifs is 1. The van der Waals surface area contributed by atoms with Gasteiger partial charge in [0.25, 0.3) is 0 Å². The lowest BCUT2D eigenvalue weighted by atomic mass is 10.3. The molecule has 0 amide bonds. The first kappa shape index (κ1) is 11.2. The Balaban J connectivity index is 1.77. The summed E-state index contributed by atoms with van der Waals surface area (Å²) >= 11 is 1.65. The molecule has 0 aliphatic rings. The van der Waals surface area contributed by atoms with E-state index in [1.165, 1.54) is 0 Å². The lowest BCUT2D eigenvalue weighted by molar-refractivity contribution is 0.560. The van der Waals surface area contributed by atoms with Crippen molar-refractivity contribution < 1.29 is 0 Å². The first-order valence-electron chi connectivity index (χ1n) is 5.75. The fraction of sp³-hybridized carbons (Fsp3) is 0.250. The van der Waals surface area contributed by atoms with Crippen LogP contribution < -0.4 is 5.32 Å². The number of rotatable bonds is 4. The number of thiophene rings is 1.